The molecule has 0 unspecified atom stereocenters. The van der Waals surface area contributed by atoms with Gasteiger partial charge in [0, 0.05) is 55.3 Å². The summed E-state index contributed by atoms with van der Waals surface area (Å²) in [4.78, 5) is 16.2. The van der Waals surface area contributed by atoms with E-state index < -0.39 is 0 Å². The number of aromatic nitrogens is 4. The molecule has 1 aromatic carbocycles. The number of nitrogens with two attached hydrogens (primary N) is 1. The average Bonchev–Trinajstić information content (AvgIpc) is 3.29. The maximum Gasteiger partial charge on any atom is 0.137 e. The van der Waals surface area contributed by atoms with Crippen LogP contribution < -0.4 is 16.0 Å². The molecule has 0 spiro atoms. The maximum atomic E-state index is 13.9. The molecule has 1 fully saturated rings. The molecule has 1 aliphatic rings. The zero-order valence-corrected chi connectivity index (χ0v) is 22.2. The zero-order valence-electron chi connectivity index (χ0n) is 21.5. The molecule has 1 aliphatic heterocycles. The van der Waals surface area contributed by atoms with E-state index in [1.165, 1.54) is 6.07 Å². The molecule has 2 aromatic heterocycles. The van der Waals surface area contributed by atoms with Crippen molar-refractivity contribution in [2.45, 2.75) is 58.4 Å². The lowest BCUT2D eigenvalue weighted by molar-refractivity contribution is 0.457. The summed E-state index contributed by atoms with van der Waals surface area (Å²) in [6.45, 7) is 10.4. The minimum Gasteiger partial charge on any atom is -0.383 e. The van der Waals surface area contributed by atoms with Crippen LogP contribution in [0, 0.1) is 12.7 Å². The number of anilines is 2. The molecule has 3 aromatic rings. The Morgan fingerprint density at radius 1 is 1.19 bits per heavy atom. The van der Waals surface area contributed by atoms with E-state index in [1.54, 1.807) is 13.3 Å². The van der Waals surface area contributed by atoms with Crippen molar-refractivity contribution in [1.82, 2.24) is 24.8 Å². The van der Waals surface area contributed by atoms with Crippen LogP contribution in [0.3, 0.4) is 0 Å². The fourth-order valence-corrected chi connectivity index (χ4v) is 5.08. The molecule has 7 nitrogen and oxygen atoms in total. The molecule has 36 heavy (non-hydrogen) atoms. The standard InChI is InChI=1S/C27H37ClFN7/c1-18(2)24-25(30)32-17-33-27(24)35-12-7-20(8-13-35)26-34-23(21-5-6-22(29)19(3)15-21)16-36(26)14-11-31-10-4-9-28/h5-6,15-18,20,31H,4,7-14H2,1-3H3,(H2,30,32,33). The predicted molar refractivity (Wildman–Crippen MR) is 145 cm³/mol. The van der Waals surface area contributed by atoms with Crippen molar-refractivity contribution in [3.05, 3.63) is 53.5 Å². The minimum absolute atomic E-state index is 0.194. The van der Waals surface area contributed by atoms with Crippen LogP contribution >= 0.6 is 11.6 Å². The number of nitrogen functional groups attached to an aromatic ring is 1. The van der Waals surface area contributed by atoms with E-state index >= 15 is 0 Å². The molecule has 0 aliphatic carbocycles. The van der Waals surface area contributed by atoms with Crippen molar-refractivity contribution >= 4 is 23.2 Å². The molecule has 3 heterocycles. The minimum atomic E-state index is -0.194. The van der Waals surface area contributed by atoms with Crippen LogP contribution in [-0.2, 0) is 6.54 Å². The number of benzene rings is 1. The normalized spacial score (nSPS) is 14.7. The highest BCUT2D eigenvalue weighted by Crippen LogP contribution is 2.35. The predicted octanol–water partition coefficient (Wildman–Crippen LogP) is 5.10. The van der Waals surface area contributed by atoms with Gasteiger partial charge in [0.15, 0.2) is 0 Å². The van der Waals surface area contributed by atoms with Crippen molar-refractivity contribution in [1.29, 1.82) is 0 Å². The molecule has 4 rings (SSSR count). The fourth-order valence-electron chi connectivity index (χ4n) is 4.95. The second-order valence-corrected chi connectivity index (χ2v) is 10.2. The van der Waals surface area contributed by atoms with Crippen LogP contribution in [0.2, 0.25) is 0 Å². The topological polar surface area (TPSA) is 84.9 Å². The quantitative estimate of drug-likeness (QED) is 0.290. The lowest BCUT2D eigenvalue weighted by Gasteiger charge is -2.34. The summed E-state index contributed by atoms with van der Waals surface area (Å²) < 4.78 is 16.1. The summed E-state index contributed by atoms with van der Waals surface area (Å²) in [5.74, 6) is 3.66. The van der Waals surface area contributed by atoms with Crippen LogP contribution in [0.4, 0.5) is 16.0 Å². The Bertz CT molecular complexity index is 1160. The van der Waals surface area contributed by atoms with Gasteiger partial charge < -0.3 is 20.5 Å². The summed E-state index contributed by atoms with van der Waals surface area (Å²) in [5.41, 5.74) is 9.68. The van der Waals surface area contributed by atoms with Gasteiger partial charge in [0.1, 0.15) is 29.6 Å². The summed E-state index contributed by atoms with van der Waals surface area (Å²) >= 11 is 5.81. The molecule has 0 amide bonds. The van der Waals surface area contributed by atoms with E-state index in [2.05, 4.69) is 44.8 Å². The number of imidazole rings is 1. The van der Waals surface area contributed by atoms with Crippen LogP contribution in [0.15, 0.2) is 30.7 Å². The van der Waals surface area contributed by atoms with E-state index in [9.17, 15) is 4.39 Å². The lowest BCUT2D eigenvalue weighted by atomic mass is 9.94. The molecule has 0 bridgehead atoms. The molecule has 3 N–H and O–H groups in total. The highest BCUT2D eigenvalue weighted by Gasteiger charge is 2.28. The van der Waals surface area contributed by atoms with Gasteiger partial charge in [-0.3, -0.25) is 0 Å². The Balaban J connectivity index is 1.54. The van der Waals surface area contributed by atoms with Crippen molar-refractivity contribution in [2.75, 3.05) is 42.7 Å². The van der Waals surface area contributed by atoms with Crippen molar-refractivity contribution < 1.29 is 4.39 Å². The van der Waals surface area contributed by atoms with Gasteiger partial charge in [-0.2, -0.15) is 0 Å². The molecule has 1 saturated heterocycles. The summed E-state index contributed by atoms with van der Waals surface area (Å²) in [6, 6.07) is 5.21. The third-order valence-corrected chi connectivity index (χ3v) is 7.18. The number of hydrogen-bond acceptors (Lipinski definition) is 6. The first-order valence-electron chi connectivity index (χ1n) is 12.8. The highest BCUT2D eigenvalue weighted by molar-refractivity contribution is 6.17. The molecule has 194 valence electrons. The third-order valence-electron chi connectivity index (χ3n) is 6.91. The van der Waals surface area contributed by atoms with E-state index in [4.69, 9.17) is 22.3 Å². The van der Waals surface area contributed by atoms with Gasteiger partial charge in [-0.25, -0.2) is 19.3 Å². The van der Waals surface area contributed by atoms with E-state index in [0.29, 0.717) is 23.2 Å². The van der Waals surface area contributed by atoms with E-state index in [1.807, 2.05) is 12.1 Å². The maximum absolute atomic E-state index is 13.9. The van der Waals surface area contributed by atoms with Gasteiger partial charge in [-0.15, -0.1) is 11.6 Å². The van der Waals surface area contributed by atoms with Crippen LogP contribution in [0.25, 0.3) is 11.3 Å². The number of piperidine rings is 1. The third kappa shape index (κ3) is 5.98. The molecule has 0 atom stereocenters. The fraction of sp³-hybridized carbons (Fsp3) is 0.519. The van der Waals surface area contributed by atoms with Gasteiger partial charge in [-0.1, -0.05) is 13.8 Å². The second kappa shape index (κ2) is 12.0. The van der Waals surface area contributed by atoms with Crippen molar-refractivity contribution in [3.63, 3.8) is 0 Å². The van der Waals surface area contributed by atoms with Crippen LogP contribution in [-0.4, -0.2) is 51.6 Å². The van der Waals surface area contributed by atoms with Crippen molar-refractivity contribution in [2.24, 2.45) is 0 Å². The number of halogens is 2. The van der Waals surface area contributed by atoms with Gasteiger partial charge in [-0.05, 0) is 62.4 Å². The monoisotopic (exact) mass is 513 g/mol. The molecular formula is C27H37ClFN7. The van der Waals surface area contributed by atoms with Gasteiger partial charge in [0.2, 0.25) is 0 Å². The SMILES string of the molecule is Cc1cc(-c2cn(CCNCCCCl)c(C3CCN(c4ncnc(N)c4C(C)C)CC3)n2)ccc1F. The Labute approximate surface area is 218 Å². The van der Waals surface area contributed by atoms with E-state index in [-0.39, 0.29) is 11.7 Å². The molecular weight excluding hydrogens is 477 g/mol. The van der Waals surface area contributed by atoms with Crippen LogP contribution in [0.1, 0.15) is 61.9 Å². The van der Waals surface area contributed by atoms with E-state index in [0.717, 1.165) is 80.4 Å². The molecule has 9 heteroatoms. The smallest absolute Gasteiger partial charge is 0.137 e. The lowest BCUT2D eigenvalue weighted by Crippen LogP contribution is -2.35. The Morgan fingerprint density at radius 2 is 1.97 bits per heavy atom. The Kier molecular flexibility index (Phi) is 8.80. The van der Waals surface area contributed by atoms with Gasteiger partial charge in [0.05, 0.1) is 5.69 Å². The summed E-state index contributed by atoms with van der Waals surface area (Å²) in [7, 11) is 0. The number of aryl methyl sites for hydroxylation is 1. The number of nitrogens with zero attached hydrogens (tertiary/aromatic N) is 5. The molecule has 0 saturated carbocycles. The first-order chi connectivity index (χ1) is 17.4. The van der Waals surface area contributed by atoms with Crippen molar-refractivity contribution in [3.8, 4) is 11.3 Å². The number of nitrogens with one attached hydrogen (secondary N) is 1. The molecule has 0 radical (unpaired) electrons. The number of hydrogen-bond donors (Lipinski definition) is 2. The van der Waals surface area contributed by atoms with Crippen LogP contribution in [0.5, 0.6) is 0 Å². The van der Waals surface area contributed by atoms with Gasteiger partial charge >= 0.3 is 0 Å². The number of alkyl halides is 1. The summed E-state index contributed by atoms with van der Waals surface area (Å²) in [6.07, 6.45) is 6.56. The van der Waals surface area contributed by atoms with Gasteiger partial charge in [0.25, 0.3) is 0 Å². The second-order valence-electron chi connectivity index (χ2n) is 9.85. The first-order valence-corrected chi connectivity index (χ1v) is 13.4. The highest BCUT2D eigenvalue weighted by atomic mass is 35.5. The zero-order chi connectivity index (χ0) is 25.7. The average molecular weight is 514 g/mol. The summed E-state index contributed by atoms with van der Waals surface area (Å²) in [5, 5.41) is 3.46. The Morgan fingerprint density at radius 3 is 2.67 bits per heavy atom. The first kappa shape index (κ1) is 26.4. The largest absolute Gasteiger partial charge is 0.383 e. The Hall–Kier alpha value is -2.71. The number of rotatable bonds is 10.